The Balaban J connectivity index is 2.03. The average Bonchev–Trinajstić information content (AvgIpc) is 2.77. The number of sulfonamides is 1. The molecule has 2 heterocycles. The average molecular weight is 292 g/mol. The van der Waals surface area contributed by atoms with Crippen LogP contribution in [0.25, 0.3) is 0 Å². The van der Waals surface area contributed by atoms with Gasteiger partial charge in [-0.1, -0.05) is 11.3 Å². The van der Waals surface area contributed by atoms with Gasteiger partial charge < -0.3 is 10.5 Å². The smallest absolute Gasteiger partial charge is 0.270 e. The number of ether oxygens (including phenoxy) is 1. The van der Waals surface area contributed by atoms with E-state index >= 15 is 0 Å². The second kappa shape index (κ2) is 5.47. The lowest BCUT2D eigenvalue weighted by molar-refractivity contribution is 0.0585. The van der Waals surface area contributed by atoms with Gasteiger partial charge in [0, 0.05) is 19.3 Å². The number of rotatable bonds is 4. The van der Waals surface area contributed by atoms with Crippen molar-refractivity contribution in [2.75, 3.05) is 18.9 Å². The highest BCUT2D eigenvalue weighted by atomic mass is 32.2. The minimum Gasteiger partial charge on any atom is -0.381 e. The van der Waals surface area contributed by atoms with E-state index in [1.165, 1.54) is 0 Å². The fourth-order valence-corrected chi connectivity index (χ4v) is 4.05. The maximum Gasteiger partial charge on any atom is 0.270 e. The van der Waals surface area contributed by atoms with Gasteiger partial charge in [0.25, 0.3) is 10.0 Å². The van der Waals surface area contributed by atoms with Gasteiger partial charge in [-0.15, -0.1) is 10.2 Å². The standard InChI is InChI=1S/C9H16N4O3S2/c1-6(7-2-4-16-5-3-7)13-18(14,15)9-12-11-8(10)17-9/h6-7,13H,2-5H2,1H3,(H2,10,11). The molecule has 1 aliphatic rings. The molecule has 1 aromatic rings. The predicted molar refractivity (Wildman–Crippen MR) is 67.6 cm³/mol. The summed E-state index contributed by atoms with van der Waals surface area (Å²) in [5.74, 6) is 0.291. The van der Waals surface area contributed by atoms with E-state index in [9.17, 15) is 8.42 Å². The number of hydrogen-bond acceptors (Lipinski definition) is 7. The fraction of sp³-hybridized carbons (Fsp3) is 0.778. The van der Waals surface area contributed by atoms with Gasteiger partial charge in [0.2, 0.25) is 9.47 Å². The van der Waals surface area contributed by atoms with E-state index < -0.39 is 10.0 Å². The van der Waals surface area contributed by atoms with Crippen molar-refractivity contribution in [3.05, 3.63) is 0 Å². The molecule has 2 rings (SSSR count). The van der Waals surface area contributed by atoms with Gasteiger partial charge in [-0.2, -0.15) is 0 Å². The zero-order valence-corrected chi connectivity index (χ0v) is 11.6. The zero-order chi connectivity index (χ0) is 13.2. The summed E-state index contributed by atoms with van der Waals surface area (Å²) in [7, 11) is -3.61. The van der Waals surface area contributed by atoms with E-state index in [0.717, 1.165) is 24.2 Å². The summed E-state index contributed by atoms with van der Waals surface area (Å²) in [6.45, 7) is 3.23. The van der Waals surface area contributed by atoms with Crippen molar-refractivity contribution < 1.29 is 13.2 Å². The van der Waals surface area contributed by atoms with E-state index in [4.69, 9.17) is 10.5 Å². The second-order valence-electron chi connectivity index (χ2n) is 4.27. The van der Waals surface area contributed by atoms with Gasteiger partial charge >= 0.3 is 0 Å². The van der Waals surface area contributed by atoms with E-state index in [1.54, 1.807) is 0 Å². The third-order valence-electron chi connectivity index (χ3n) is 2.97. The van der Waals surface area contributed by atoms with E-state index in [1.807, 2.05) is 6.92 Å². The molecule has 9 heteroatoms. The first-order chi connectivity index (χ1) is 8.49. The highest BCUT2D eigenvalue weighted by molar-refractivity contribution is 7.91. The number of nitrogens with zero attached hydrogens (tertiary/aromatic N) is 2. The number of hydrogen-bond donors (Lipinski definition) is 2. The summed E-state index contributed by atoms with van der Waals surface area (Å²) in [6.07, 6.45) is 1.73. The molecule has 0 spiro atoms. The molecule has 1 atom stereocenters. The Labute approximate surface area is 110 Å². The molecule has 1 saturated heterocycles. The van der Waals surface area contributed by atoms with Crippen LogP contribution in [0, 0.1) is 5.92 Å². The molecular weight excluding hydrogens is 276 g/mol. The molecule has 102 valence electrons. The zero-order valence-electron chi connectivity index (χ0n) is 10.00. The minimum atomic E-state index is -3.61. The van der Waals surface area contributed by atoms with Crippen molar-refractivity contribution in [3.63, 3.8) is 0 Å². The Kier molecular flexibility index (Phi) is 4.15. The van der Waals surface area contributed by atoms with Gasteiger partial charge in [0.1, 0.15) is 0 Å². The van der Waals surface area contributed by atoms with Gasteiger partial charge in [0.15, 0.2) is 0 Å². The normalized spacial score (nSPS) is 19.8. The summed E-state index contributed by atoms with van der Waals surface area (Å²) < 4.78 is 31.8. The van der Waals surface area contributed by atoms with Crippen LogP contribution in [0.1, 0.15) is 19.8 Å². The second-order valence-corrected chi connectivity index (χ2v) is 7.16. The monoisotopic (exact) mass is 292 g/mol. The van der Waals surface area contributed by atoms with Crippen molar-refractivity contribution in [2.45, 2.75) is 30.1 Å². The molecule has 3 N–H and O–H groups in total. The molecule has 0 radical (unpaired) electrons. The van der Waals surface area contributed by atoms with Crippen molar-refractivity contribution >= 4 is 26.5 Å². The van der Waals surface area contributed by atoms with E-state index in [-0.39, 0.29) is 15.5 Å². The number of anilines is 1. The number of nitrogen functional groups attached to an aromatic ring is 1. The Hall–Kier alpha value is -0.770. The van der Waals surface area contributed by atoms with Crippen LogP contribution in [0.4, 0.5) is 5.13 Å². The van der Waals surface area contributed by atoms with Crippen LogP contribution in [-0.4, -0.2) is 37.9 Å². The maximum atomic E-state index is 12.0. The lowest BCUT2D eigenvalue weighted by Gasteiger charge is -2.27. The van der Waals surface area contributed by atoms with Crippen molar-refractivity contribution in [3.8, 4) is 0 Å². The lowest BCUT2D eigenvalue weighted by Crippen LogP contribution is -2.40. The van der Waals surface area contributed by atoms with Crippen LogP contribution in [0.15, 0.2) is 4.34 Å². The lowest BCUT2D eigenvalue weighted by atomic mass is 9.94. The largest absolute Gasteiger partial charge is 0.381 e. The summed E-state index contributed by atoms with van der Waals surface area (Å²) in [6, 6.07) is -0.149. The summed E-state index contributed by atoms with van der Waals surface area (Å²) in [5.41, 5.74) is 5.39. The molecular formula is C9H16N4O3S2. The van der Waals surface area contributed by atoms with Crippen LogP contribution >= 0.6 is 11.3 Å². The highest BCUT2D eigenvalue weighted by Gasteiger charge is 2.27. The van der Waals surface area contributed by atoms with Crippen molar-refractivity contribution in [1.29, 1.82) is 0 Å². The molecule has 7 nitrogen and oxygen atoms in total. The molecule has 0 bridgehead atoms. The summed E-state index contributed by atoms with van der Waals surface area (Å²) >= 11 is 0.864. The van der Waals surface area contributed by atoms with Crippen LogP contribution in [0.3, 0.4) is 0 Å². The third-order valence-corrected chi connectivity index (χ3v) is 5.64. The molecule has 1 aromatic heterocycles. The SMILES string of the molecule is CC(NS(=O)(=O)c1nnc(N)s1)C1CCOCC1. The van der Waals surface area contributed by atoms with Crippen LogP contribution in [0.2, 0.25) is 0 Å². The first kappa shape index (κ1) is 13.7. The van der Waals surface area contributed by atoms with E-state index in [0.29, 0.717) is 19.1 Å². The minimum absolute atomic E-state index is 0.0843. The molecule has 0 amide bonds. The topological polar surface area (TPSA) is 107 Å². The van der Waals surface area contributed by atoms with Crippen LogP contribution in [-0.2, 0) is 14.8 Å². The Morgan fingerprint density at radius 3 is 2.67 bits per heavy atom. The molecule has 1 fully saturated rings. The van der Waals surface area contributed by atoms with Crippen molar-refractivity contribution in [2.24, 2.45) is 5.92 Å². The number of nitrogens with one attached hydrogen (secondary N) is 1. The molecule has 1 unspecified atom stereocenters. The quantitative estimate of drug-likeness (QED) is 0.821. The fourth-order valence-electron chi connectivity index (χ4n) is 1.94. The molecule has 0 saturated carbocycles. The first-order valence-corrected chi connectivity index (χ1v) is 7.98. The molecule has 1 aliphatic heterocycles. The van der Waals surface area contributed by atoms with Gasteiger partial charge in [0.05, 0.1) is 0 Å². The highest BCUT2D eigenvalue weighted by Crippen LogP contribution is 2.22. The maximum absolute atomic E-state index is 12.0. The van der Waals surface area contributed by atoms with Gasteiger partial charge in [-0.25, -0.2) is 13.1 Å². The molecule has 18 heavy (non-hydrogen) atoms. The Morgan fingerprint density at radius 1 is 1.44 bits per heavy atom. The number of nitrogens with two attached hydrogens (primary N) is 1. The Morgan fingerprint density at radius 2 is 2.11 bits per heavy atom. The number of aromatic nitrogens is 2. The molecule has 0 aliphatic carbocycles. The van der Waals surface area contributed by atoms with Crippen LogP contribution < -0.4 is 10.5 Å². The Bertz CT molecular complexity index is 496. The first-order valence-electron chi connectivity index (χ1n) is 5.68. The van der Waals surface area contributed by atoms with Gasteiger partial charge in [-0.05, 0) is 25.7 Å². The van der Waals surface area contributed by atoms with Crippen LogP contribution in [0.5, 0.6) is 0 Å². The van der Waals surface area contributed by atoms with Crippen molar-refractivity contribution in [1.82, 2.24) is 14.9 Å². The van der Waals surface area contributed by atoms with E-state index in [2.05, 4.69) is 14.9 Å². The summed E-state index contributed by atoms with van der Waals surface area (Å²) in [5, 5.41) is 7.21. The predicted octanol–water partition coefficient (Wildman–Crippen LogP) is 0.214. The summed E-state index contributed by atoms with van der Waals surface area (Å²) in [4.78, 5) is 0. The third kappa shape index (κ3) is 3.16. The van der Waals surface area contributed by atoms with Gasteiger partial charge in [-0.3, -0.25) is 0 Å². The molecule has 0 aromatic carbocycles.